The first-order chi connectivity index (χ1) is 17.0. The van der Waals surface area contributed by atoms with Crippen LogP contribution in [0.5, 0.6) is 11.5 Å². The van der Waals surface area contributed by atoms with Crippen molar-refractivity contribution >= 4 is 23.4 Å². The Hall–Kier alpha value is -3.08. The van der Waals surface area contributed by atoms with E-state index in [1.807, 2.05) is 67.6 Å². The molecule has 0 heterocycles. The van der Waals surface area contributed by atoms with E-state index in [1.54, 1.807) is 42.5 Å². The molecule has 0 N–H and O–H groups in total. The van der Waals surface area contributed by atoms with Gasteiger partial charge in [-0.1, -0.05) is 97.0 Å². The van der Waals surface area contributed by atoms with Crippen molar-refractivity contribution in [3.63, 3.8) is 0 Å². The van der Waals surface area contributed by atoms with Gasteiger partial charge in [-0.05, 0) is 60.5 Å². The van der Waals surface area contributed by atoms with Gasteiger partial charge in [-0.2, -0.15) is 8.78 Å². The Morgan fingerprint density at radius 3 is 2.14 bits per heavy atom. The highest BCUT2D eigenvalue weighted by molar-refractivity contribution is 8.03. The largest absolute Gasteiger partial charge is 0.457 e. The first kappa shape index (κ1) is 25.0. The molecule has 0 fully saturated rings. The highest BCUT2D eigenvalue weighted by Gasteiger charge is 2.38. The average molecular weight is 507 g/mol. The van der Waals surface area contributed by atoms with E-state index in [2.05, 4.69) is 0 Å². The average Bonchev–Trinajstić information content (AvgIpc) is 2.88. The molecule has 5 heteroatoms. The van der Waals surface area contributed by atoms with Crippen LogP contribution in [-0.4, -0.2) is 0 Å². The molecule has 178 valence electrons. The quantitative estimate of drug-likeness (QED) is 0.209. The van der Waals surface area contributed by atoms with E-state index >= 15 is 8.78 Å². The second-order valence-corrected chi connectivity index (χ2v) is 9.58. The molecule has 1 nitrogen and oxygen atoms in total. The normalized spacial score (nSPS) is 12.9. The fourth-order valence-corrected chi connectivity index (χ4v) is 4.83. The van der Waals surface area contributed by atoms with Crippen molar-refractivity contribution in [2.24, 2.45) is 0 Å². The summed E-state index contributed by atoms with van der Waals surface area (Å²) in [4.78, 5) is 0.725. The van der Waals surface area contributed by atoms with E-state index in [-0.39, 0.29) is 16.4 Å². The maximum Gasteiger partial charge on any atom is 0.304 e. The van der Waals surface area contributed by atoms with Gasteiger partial charge in [-0.25, -0.2) is 0 Å². The van der Waals surface area contributed by atoms with Crippen LogP contribution in [0, 0.1) is 0 Å². The van der Waals surface area contributed by atoms with Crippen molar-refractivity contribution in [1.82, 2.24) is 0 Å². The highest BCUT2D eigenvalue weighted by Crippen LogP contribution is 2.47. The van der Waals surface area contributed by atoms with E-state index in [9.17, 15) is 0 Å². The Labute approximate surface area is 214 Å². The molecule has 1 unspecified atom stereocenters. The second kappa shape index (κ2) is 11.6. The zero-order valence-electron chi connectivity index (χ0n) is 19.2. The minimum atomic E-state index is -3.23. The van der Waals surface area contributed by atoms with Gasteiger partial charge in [0.25, 0.3) is 0 Å². The predicted octanol–water partition coefficient (Wildman–Crippen LogP) is 10.1. The van der Waals surface area contributed by atoms with Gasteiger partial charge >= 0.3 is 5.92 Å². The number of benzene rings is 4. The van der Waals surface area contributed by atoms with Crippen LogP contribution in [0.1, 0.15) is 30.4 Å². The SMILES string of the molecule is CCC(/C=C(/Sc1ccccc1)C(F)(F)c1cccc(Oc2ccccc2)c1)c1ccc(Cl)cc1. The topological polar surface area (TPSA) is 9.23 Å². The molecular formula is C30H25ClF2OS. The number of rotatable bonds is 9. The van der Waals surface area contributed by atoms with Crippen molar-refractivity contribution in [2.75, 3.05) is 0 Å². The number of para-hydroxylation sites is 1. The summed E-state index contributed by atoms with van der Waals surface area (Å²) < 4.78 is 38.1. The number of hydrogen-bond donors (Lipinski definition) is 0. The fourth-order valence-electron chi connectivity index (χ4n) is 3.68. The molecule has 0 aliphatic rings. The third kappa shape index (κ3) is 6.53. The molecular weight excluding hydrogens is 482 g/mol. The van der Waals surface area contributed by atoms with Crippen LogP contribution in [0.25, 0.3) is 0 Å². The Kier molecular flexibility index (Phi) is 8.27. The van der Waals surface area contributed by atoms with Gasteiger partial charge in [0.1, 0.15) is 11.5 Å². The van der Waals surface area contributed by atoms with Gasteiger partial charge < -0.3 is 4.74 Å². The maximum atomic E-state index is 16.1. The van der Waals surface area contributed by atoms with Crippen LogP contribution < -0.4 is 4.74 Å². The van der Waals surface area contributed by atoms with Crippen LogP contribution in [0.4, 0.5) is 8.78 Å². The van der Waals surface area contributed by atoms with Crippen LogP contribution in [-0.2, 0) is 5.92 Å². The molecule has 35 heavy (non-hydrogen) atoms. The summed E-state index contributed by atoms with van der Waals surface area (Å²) in [6.07, 6.45) is 2.36. The molecule has 0 saturated carbocycles. The van der Waals surface area contributed by atoms with Crippen LogP contribution >= 0.6 is 23.4 Å². The summed E-state index contributed by atoms with van der Waals surface area (Å²) in [6.45, 7) is 1.99. The molecule has 0 aliphatic carbocycles. The Bertz CT molecular complexity index is 1260. The van der Waals surface area contributed by atoms with Gasteiger partial charge in [0, 0.05) is 21.4 Å². The molecule has 0 saturated heterocycles. The zero-order chi connectivity index (χ0) is 24.7. The number of hydrogen-bond acceptors (Lipinski definition) is 2. The third-order valence-electron chi connectivity index (χ3n) is 5.55. The van der Waals surface area contributed by atoms with Crippen molar-refractivity contribution < 1.29 is 13.5 Å². The Morgan fingerprint density at radius 2 is 1.49 bits per heavy atom. The van der Waals surface area contributed by atoms with Crippen LogP contribution in [0.15, 0.2) is 125 Å². The zero-order valence-corrected chi connectivity index (χ0v) is 20.8. The molecule has 1 atom stereocenters. The van der Waals surface area contributed by atoms with E-state index in [4.69, 9.17) is 16.3 Å². The molecule has 4 rings (SSSR count). The standard InChI is InChI=1S/C30H25ClF2OS/c1-2-22(23-16-18-25(31)19-17-23)20-29(35-28-14-7-4-8-15-28)30(32,33)24-10-9-13-27(21-24)34-26-11-5-3-6-12-26/h3-22H,2H2,1H3/b29-20+. The van der Waals surface area contributed by atoms with Gasteiger partial charge in [0.05, 0.1) is 4.91 Å². The number of halogens is 3. The van der Waals surface area contributed by atoms with Crippen LogP contribution in [0.3, 0.4) is 0 Å². The smallest absolute Gasteiger partial charge is 0.304 e. The minimum absolute atomic E-state index is 0.0256. The monoisotopic (exact) mass is 506 g/mol. The summed E-state index contributed by atoms with van der Waals surface area (Å²) in [6, 6.07) is 31.9. The van der Waals surface area contributed by atoms with E-state index in [0.29, 0.717) is 22.9 Å². The van der Waals surface area contributed by atoms with E-state index in [0.717, 1.165) is 22.2 Å². The second-order valence-electron chi connectivity index (χ2n) is 8.03. The Balaban J connectivity index is 1.72. The van der Waals surface area contributed by atoms with Gasteiger partial charge in [-0.15, -0.1) is 0 Å². The fraction of sp³-hybridized carbons (Fsp3) is 0.133. The molecule has 0 aliphatic heterocycles. The first-order valence-corrected chi connectivity index (χ1v) is 12.6. The minimum Gasteiger partial charge on any atom is -0.457 e. The molecule has 0 radical (unpaired) electrons. The van der Waals surface area contributed by atoms with E-state index in [1.165, 1.54) is 12.1 Å². The predicted molar refractivity (Wildman–Crippen MR) is 142 cm³/mol. The molecule has 4 aromatic carbocycles. The highest BCUT2D eigenvalue weighted by atomic mass is 35.5. The number of allylic oxidation sites excluding steroid dienone is 2. The lowest BCUT2D eigenvalue weighted by molar-refractivity contribution is 0.0469. The summed E-state index contributed by atoms with van der Waals surface area (Å²) >= 11 is 7.13. The van der Waals surface area contributed by atoms with Crippen LogP contribution in [0.2, 0.25) is 5.02 Å². The van der Waals surface area contributed by atoms with Crippen molar-refractivity contribution in [2.45, 2.75) is 30.1 Å². The Morgan fingerprint density at radius 1 is 0.857 bits per heavy atom. The lowest BCUT2D eigenvalue weighted by Gasteiger charge is -2.23. The van der Waals surface area contributed by atoms with Gasteiger partial charge in [0.2, 0.25) is 0 Å². The summed E-state index contributed by atoms with van der Waals surface area (Å²) in [5, 5.41) is 0.618. The van der Waals surface area contributed by atoms with E-state index < -0.39 is 5.92 Å². The van der Waals surface area contributed by atoms with Gasteiger partial charge in [-0.3, -0.25) is 0 Å². The third-order valence-corrected chi connectivity index (χ3v) is 6.92. The molecule has 0 amide bonds. The first-order valence-electron chi connectivity index (χ1n) is 11.4. The molecule has 0 spiro atoms. The summed E-state index contributed by atoms with van der Waals surface area (Å²) in [5.74, 6) is -2.46. The van der Waals surface area contributed by atoms with Crippen molar-refractivity contribution in [3.8, 4) is 11.5 Å². The molecule has 0 bridgehead atoms. The lowest BCUT2D eigenvalue weighted by atomic mass is 9.94. The maximum absolute atomic E-state index is 16.1. The molecule has 4 aromatic rings. The number of ether oxygens (including phenoxy) is 1. The number of thioether (sulfide) groups is 1. The van der Waals surface area contributed by atoms with Crippen molar-refractivity contribution in [3.05, 3.63) is 136 Å². The van der Waals surface area contributed by atoms with Crippen molar-refractivity contribution in [1.29, 1.82) is 0 Å². The lowest BCUT2D eigenvalue weighted by Crippen LogP contribution is -2.16. The number of alkyl halides is 2. The van der Waals surface area contributed by atoms with Gasteiger partial charge in [0.15, 0.2) is 0 Å². The summed E-state index contributed by atoms with van der Waals surface area (Å²) in [5.41, 5.74) is 0.826. The summed E-state index contributed by atoms with van der Waals surface area (Å²) in [7, 11) is 0. The molecule has 0 aromatic heterocycles.